The fraction of sp³-hybridized carbons (Fsp3) is 0.0769. The molecule has 2 N–H and O–H groups in total. The summed E-state index contributed by atoms with van der Waals surface area (Å²) in [5.41, 5.74) is 9.41. The molecule has 5 heteroatoms. The van der Waals surface area contributed by atoms with Crippen LogP contribution in [0.5, 0.6) is 0 Å². The summed E-state index contributed by atoms with van der Waals surface area (Å²) in [5, 5.41) is 8.08. The largest absolute Gasteiger partial charge is 0.399 e. The van der Waals surface area contributed by atoms with E-state index in [-0.39, 0.29) is 0 Å². The third-order valence-corrected chi connectivity index (χ3v) is 3.52. The van der Waals surface area contributed by atoms with E-state index in [0.29, 0.717) is 17.4 Å². The molecule has 0 saturated carbocycles. The lowest BCUT2D eigenvalue weighted by atomic mass is 10.2. The van der Waals surface area contributed by atoms with E-state index in [1.165, 1.54) is 0 Å². The molecule has 3 rings (SSSR count). The molecule has 0 spiro atoms. The second-order valence-electron chi connectivity index (χ2n) is 4.02. The van der Waals surface area contributed by atoms with Gasteiger partial charge in [0.25, 0.3) is 5.89 Å². The molecule has 0 bridgehead atoms. The summed E-state index contributed by atoms with van der Waals surface area (Å²) >= 11 is 1.63. The Balaban J connectivity index is 2.02. The molecule has 0 unspecified atom stereocenters. The summed E-state index contributed by atoms with van der Waals surface area (Å²) in [4.78, 5) is 4.40. The van der Waals surface area contributed by atoms with Crippen LogP contribution in [0.25, 0.3) is 22.8 Å². The highest BCUT2D eigenvalue weighted by atomic mass is 32.1. The van der Waals surface area contributed by atoms with Crippen molar-refractivity contribution in [2.75, 3.05) is 5.73 Å². The molecule has 0 amide bonds. The van der Waals surface area contributed by atoms with Gasteiger partial charge in [0.05, 0.1) is 0 Å². The van der Waals surface area contributed by atoms with Crippen LogP contribution < -0.4 is 5.73 Å². The average molecular weight is 257 g/mol. The van der Waals surface area contributed by atoms with Gasteiger partial charge in [-0.15, -0.1) is 0 Å². The van der Waals surface area contributed by atoms with Gasteiger partial charge in [-0.3, -0.25) is 0 Å². The Morgan fingerprint density at radius 1 is 1.28 bits per heavy atom. The third-order valence-electron chi connectivity index (χ3n) is 2.66. The Kier molecular flexibility index (Phi) is 2.60. The molecular formula is C13H11N3OS. The van der Waals surface area contributed by atoms with Gasteiger partial charge in [0.1, 0.15) is 0 Å². The fourth-order valence-corrected chi connectivity index (χ4v) is 2.54. The van der Waals surface area contributed by atoms with E-state index in [0.717, 1.165) is 16.7 Å². The molecule has 90 valence electrons. The van der Waals surface area contributed by atoms with Gasteiger partial charge in [0.2, 0.25) is 5.82 Å². The van der Waals surface area contributed by atoms with Crippen molar-refractivity contribution < 1.29 is 4.52 Å². The summed E-state index contributed by atoms with van der Waals surface area (Å²) in [6.45, 7) is 2.03. The standard InChI is InChI=1S/C13H11N3OS/c1-8-6-18-7-11(8)12-15-13(17-16-12)9-3-2-4-10(14)5-9/h2-7H,14H2,1H3. The number of benzene rings is 1. The van der Waals surface area contributed by atoms with Crippen LogP contribution in [0.2, 0.25) is 0 Å². The Hall–Kier alpha value is -2.14. The fourth-order valence-electron chi connectivity index (χ4n) is 1.71. The predicted octanol–water partition coefficient (Wildman–Crippen LogP) is 3.36. The molecular weight excluding hydrogens is 246 g/mol. The number of nitrogens with zero attached hydrogens (tertiary/aromatic N) is 2. The lowest BCUT2D eigenvalue weighted by Gasteiger charge is -1.95. The molecule has 0 aliphatic heterocycles. The minimum Gasteiger partial charge on any atom is -0.399 e. The summed E-state index contributed by atoms with van der Waals surface area (Å²) in [6.07, 6.45) is 0. The zero-order chi connectivity index (χ0) is 12.5. The second kappa shape index (κ2) is 4.27. The van der Waals surface area contributed by atoms with Gasteiger partial charge in [-0.25, -0.2) is 0 Å². The maximum absolute atomic E-state index is 5.73. The molecule has 0 atom stereocenters. The van der Waals surface area contributed by atoms with Crippen LogP contribution in [0.1, 0.15) is 5.56 Å². The predicted molar refractivity (Wildman–Crippen MR) is 72.2 cm³/mol. The van der Waals surface area contributed by atoms with Gasteiger partial charge >= 0.3 is 0 Å². The first-order valence-corrected chi connectivity index (χ1v) is 6.41. The summed E-state index contributed by atoms with van der Waals surface area (Å²) in [5.74, 6) is 1.11. The number of aromatic nitrogens is 2. The van der Waals surface area contributed by atoms with Gasteiger partial charge in [0, 0.05) is 22.2 Å². The van der Waals surface area contributed by atoms with Crippen LogP contribution in [0.15, 0.2) is 39.5 Å². The smallest absolute Gasteiger partial charge is 0.258 e. The van der Waals surface area contributed by atoms with E-state index in [1.807, 2.05) is 36.6 Å². The molecule has 0 aliphatic rings. The number of aryl methyl sites for hydroxylation is 1. The quantitative estimate of drug-likeness (QED) is 0.715. The molecule has 0 fully saturated rings. The zero-order valence-electron chi connectivity index (χ0n) is 9.75. The Morgan fingerprint density at radius 2 is 2.17 bits per heavy atom. The zero-order valence-corrected chi connectivity index (χ0v) is 10.6. The minimum absolute atomic E-state index is 0.489. The van der Waals surface area contributed by atoms with E-state index < -0.39 is 0 Å². The molecule has 1 aromatic carbocycles. The maximum Gasteiger partial charge on any atom is 0.258 e. The van der Waals surface area contributed by atoms with Crippen molar-refractivity contribution in [1.29, 1.82) is 0 Å². The highest BCUT2D eigenvalue weighted by Crippen LogP contribution is 2.27. The molecule has 3 aromatic rings. The monoisotopic (exact) mass is 257 g/mol. The molecule has 18 heavy (non-hydrogen) atoms. The van der Waals surface area contributed by atoms with Crippen molar-refractivity contribution in [3.63, 3.8) is 0 Å². The third kappa shape index (κ3) is 1.89. The van der Waals surface area contributed by atoms with Crippen LogP contribution >= 0.6 is 11.3 Å². The van der Waals surface area contributed by atoms with Crippen molar-refractivity contribution in [1.82, 2.24) is 10.1 Å². The summed E-state index contributed by atoms with van der Waals surface area (Å²) in [7, 11) is 0. The van der Waals surface area contributed by atoms with Crippen LogP contribution in [-0.4, -0.2) is 10.1 Å². The van der Waals surface area contributed by atoms with E-state index in [1.54, 1.807) is 11.3 Å². The molecule has 2 aromatic heterocycles. The number of hydrogen-bond acceptors (Lipinski definition) is 5. The Morgan fingerprint density at radius 3 is 2.89 bits per heavy atom. The molecule has 0 radical (unpaired) electrons. The topological polar surface area (TPSA) is 64.9 Å². The van der Waals surface area contributed by atoms with Crippen LogP contribution in [0.3, 0.4) is 0 Å². The van der Waals surface area contributed by atoms with Gasteiger partial charge in [-0.05, 0) is 36.1 Å². The number of anilines is 1. The second-order valence-corrected chi connectivity index (χ2v) is 4.76. The SMILES string of the molecule is Cc1cscc1-c1noc(-c2cccc(N)c2)n1. The first-order chi connectivity index (χ1) is 8.74. The van der Waals surface area contributed by atoms with Crippen molar-refractivity contribution >= 4 is 17.0 Å². The number of nitrogen functional groups attached to an aromatic ring is 1. The van der Waals surface area contributed by atoms with Gasteiger partial charge in [-0.2, -0.15) is 16.3 Å². The lowest BCUT2D eigenvalue weighted by molar-refractivity contribution is 0.432. The van der Waals surface area contributed by atoms with Crippen molar-refractivity contribution in [2.45, 2.75) is 6.92 Å². The summed E-state index contributed by atoms with van der Waals surface area (Å²) in [6, 6.07) is 7.40. The first kappa shape index (κ1) is 11.0. The Labute approximate surface area is 108 Å². The average Bonchev–Trinajstić information content (AvgIpc) is 2.97. The molecule has 4 nitrogen and oxygen atoms in total. The number of rotatable bonds is 2. The molecule has 2 heterocycles. The van der Waals surface area contributed by atoms with Gasteiger partial charge < -0.3 is 10.3 Å². The molecule has 0 aliphatic carbocycles. The first-order valence-electron chi connectivity index (χ1n) is 5.47. The van der Waals surface area contributed by atoms with E-state index in [2.05, 4.69) is 15.5 Å². The number of thiophene rings is 1. The van der Waals surface area contributed by atoms with Crippen molar-refractivity contribution in [3.8, 4) is 22.8 Å². The number of hydrogen-bond donors (Lipinski definition) is 1. The summed E-state index contributed by atoms with van der Waals surface area (Å²) < 4.78 is 5.27. The highest BCUT2D eigenvalue weighted by Gasteiger charge is 2.12. The lowest BCUT2D eigenvalue weighted by Crippen LogP contribution is -1.85. The van der Waals surface area contributed by atoms with Crippen molar-refractivity contribution in [3.05, 3.63) is 40.6 Å². The van der Waals surface area contributed by atoms with Crippen LogP contribution in [0, 0.1) is 6.92 Å². The highest BCUT2D eigenvalue weighted by molar-refractivity contribution is 7.08. The van der Waals surface area contributed by atoms with E-state index in [4.69, 9.17) is 10.3 Å². The maximum atomic E-state index is 5.73. The van der Waals surface area contributed by atoms with E-state index in [9.17, 15) is 0 Å². The van der Waals surface area contributed by atoms with Gasteiger partial charge in [-0.1, -0.05) is 11.2 Å². The van der Waals surface area contributed by atoms with Crippen molar-refractivity contribution in [2.24, 2.45) is 0 Å². The van der Waals surface area contributed by atoms with Crippen LogP contribution in [-0.2, 0) is 0 Å². The Bertz CT molecular complexity index is 687. The van der Waals surface area contributed by atoms with E-state index >= 15 is 0 Å². The number of nitrogens with two attached hydrogens (primary N) is 1. The van der Waals surface area contributed by atoms with Gasteiger partial charge in [0.15, 0.2) is 0 Å². The minimum atomic E-state index is 0.489. The molecule has 0 saturated heterocycles. The normalized spacial score (nSPS) is 10.7. The van der Waals surface area contributed by atoms with Crippen LogP contribution in [0.4, 0.5) is 5.69 Å².